The Labute approximate surface area is 99.9 Å². The molecule has 2 aliphatic rings. The number of amides is 1. The summed E-state index contributed by atoms with van der Waals surface area (Å²) >= 11 is 3.43. The maximum atomic E-state index is 12.0. The molecule has 4 heteroatoms. The molecule has 1 saturated heterocycles. The second kappa shape index (κ2) is 4.06. The van der Waals surface area contributed by atoms with Crippen molar-refractivity contribution in [1.82, 2.24) is 9.80 Å². The Kier molecular flexibility index (Phi) is 3.08. The molecule has 0 N–H and O–H groups in total. The van der Waals surface area contributed by atoms with Gasteiger partial charge >= 0.3 is 0 Å². The lowest BCUT2D eigenvalue weighted by Gasteiger charge is -2.37. The molecule has 0 aromatic rings. The van der Waals surface area contributed by atoms with E-state index in [4.69, 9.17) is 0 Å². The van der Waals surface area contributed by atoms with Crippen LogP contribution in [0.5, 0.6) is 0 Å². The Hall–Kier alpha value is -0.0900. The number of hydrogen-bond acceptors (Lipinski definition) is 2. The molecule has 1 heterocycles. The highest BCUT2D eigenvalue weighted by Gasteiger charge is 2.35. The van der Waals surface area contributed by atoms with Gasteiger partial charge in [0.1, 0.15) is 0 Å². The molecule has 3 nitrogen and oxygen atoms in total. The van der Waals surface area contributed by atoms with E-state index in [0.717, 1.165) is 32.2 Å². The van der Waals surface area contributed by atoms with Crippen LogP contribution in [0.1, 0.15) is 26.7 Å². The second-order valence-electron chi connectivity index (χ2n) is 5.03. The molecule has 0 bridgehead atoms. The van der Waals surface area contributed by atoms with Crippen LogP contribution >= 0.6 is 15.9 Å². The Morgan fingerprint density at radius 2 is 1.73 bits per heavy atom. The lowest BCUT2D eigenvalue weighted by molar-refractivity contribution is -0.134. The van der Waals surface area contributed by atoms with Crippen molar-refractivity contribution >= 4 is 21.8 Å². The van der Waals surface area contributed by atoms with Gasteiger partial charge in [0.25, 0.3) is 0 Å². The van der Waals surface area contributed by atoms with E-state index in [9.17, 15) is 4.79 Å². The summed E-state index contributed by atoms with van der Waals surface area (Å²) in [7, 11) is 0. The van der Waals surface area contributed by atoms with E-state index in [-0.39, 0.29) is 5.91 Å². The van der Waals surface area contributed by atoms with Crippen LogP contribution in [0.2, 0.25) is 0 Å². The minimum atomic E-state index is -0.408. The zero-order valence-electron chi connectivity index (χ0n) is 9.50. The third kappa shape index (κ3) is 2.72. The van der Waals surface area contributed by atoms with E-state index < -0.39 is 4.32 Å². The summed E-state index contributed by atoms with van der Waals surface area (Å²) in [5.74, 6) is 0.220. The van der Waals surface area contributed by atoms with Gasteiger partial charge in [-0.15, -0.1) is 0 Å². The highest BCUT2D eigenvalue weighted by atomic mass is 79.9. The number of rotatable bonds is 2. The molecule has 0 spiro atoms. The van der Waals surface area contributed by atoms with Gasteiger partial charge in [0.2, 0.25) is 5.91 Å². The normalized spacial score (nSPS) is 24.3. The third-order valence-electron chi connectivity index (χ3n) is 3.17. The number of hydrogen-bond donors (Lipinski definition) is 0. The van der Waals surface area contributed by atoms with Gasteiger partial charge in [0.05, 0.1) is 4.32 Å². The third-order valence-corrected chi connectivity index (χ3v) is 3.51. The van der Waals surface area contributed by atoms with E-state index >= 15 is 0 Å². The SMILES string of the molecule is CC(C)(Br)C(=O)N1CCN(C2CC2)CC1. The Morgan fingerprint density at radius 3 is 2.13 bits per heavy atom. The monoisotopic (exact) mass is 274 g/mol. The highest BCUT2D eigenvalue weighted by molar-refractivity contribution is 9.10. The van der Waals surface area contributed by atoms with E-state index in [2.05, 4.69) is 20.8 Å². The van der Waals surface area contributed by atoms with Crippen molar-refractivity contribution in [2.75, 3.05) is 26.2 Å². The fourth-order valence-corrected chi connectivity index (χ4v) is 2.36. The first kappa shape index (κ1) is 11.4. The Balaban J connectivity index is 1.84. The van der Waals surface area contributed by atoms with Crippen LogP contribution in [0.3, 0.4) is 0 Å². The van der Waals surface area contributed by atoms with Crippen molar-refractivity contribution < 1.29 is 4.79 Å². The van der Waals surface area contributed by atoms with Gasteiger partial charge in [0.15, 0.2) is 0 Å². The zero-order valence-corrected chi connectivity index (χ0v) is 11.1. The van der Waals surface area contributed by atoms with Crippen molar-refractivity contribution in [3.63, 3.8) is 0 Å². The standard InChI is InChI=1S/C11H19BrN2O/c1-11(2,12)10(15)14-7-5-13(6-8-14)9-3-4-9/h9H,3-8H2,1-2H3. The van der Waals surface area contributed by atoms with Crippen molar-refractivity contribution in [2.45, 2.75) is 37.1 Å². The molecule has 2 rings (SSSR count). The van der Waals surface area contributed by atoms with Crippen molar-refractivity contribution in [2.24, 2.45) is 0 Å². The van der Waals surface area contributed by atoms with Crippen molar-refractivity contribution in [1.29, 1.82) is 0 Å². The lowest BCUT2D eigenvalue weighted by atomic mass is 10.1. The number of alkyl halides is 1. The molecule has 1 aliphatic heterocycles. The summed E-state index contributed by atoms with van der Waals surface area (Å²) < 4.78 is -0.408. The molecule has 15 heavy (non-hydrogen) atoms. The van der Waals surface area contributed by atoms with Gasteiger partial charge in [0, 0.05) is 32.2 Å². The molecular weight excluding hydrogens is 256 g/mol. The van der Waals surface area contributed by atoms with Gasteiger partial charge < -0.3 is 4.90 Å². The van der Waals surface area contributed by atoms with Crippen LogP contribution in [0.25, 0.3) is 0 Å². The quantitative estimate of drug-likeness (QED) is 0.712. The van der Waals surface area contributed by atoms with Crippen molar-refractivity contribution in [3.8, 4) is 0 Å². The average Bonchev–Trinajstić information content (AvgIpc) is 2.99. The van der Waals surface area contributed by atoms with E-state index in [1.54, 1.807) is 0 Å². The smallest absolute Gasteiger partial charge is 0.238 e. The molecule has 0 aromatic heterocycles. The molecule has 1 aliphatic carbocycles. The summed E-state index contributed by atoms with van der Waals surface area (Å²) in [6, 6.07) is 0.833. The molecule has 2 fully saturated rings. The number of piperazine rings is 1. The molecular formula is C11H19BrN2O. The molecule has 1 amide bonds. The van der Waals surface area contributed by atoms with Crippen LogP contribution in [-0.2, 0) is 4.79 Å². The predicted octanol–water partition coefficient (Wildman–Crippen LogP) is 1.47. The minimum Gasteiger partial charge on any atom is -0.339 e. The Morgan fingerprint density at radius 1 is 1.20 bits per heavy atom. The number of halogens is 1. The van der Waals surface area contributed by atoms with Crippen LogP contribution in [0.15, 0.2) is 0 Å². The van der Waals surface area contributed by atoms with Gasteiger partial charge in [-0.05, 0) is 26.7 Å². The first-order chi connectivity index (χ1) is 6.98. The zero-order chi connectivity index (χ0) is 11.1. The van der Waals surface area contributed by atoms with Crippen LogP contribution in [0.4, 0.5) is 0 Å². The summed E-state index contributed by atoms with van der Waals surface area (Å²) in [4.78, 5) is 16.5. The molecule has 0 aromatic carbocycles. The van der Waals surface area contributed by atoms with Gasteiger partial charge in [-0.25, -0.2) is 0 Å². The first-order valence-electron chi connectivity index (χ1n) is 5.71. The number of nitrogens with zero attached hydrogens (tertiary/aromatic N) is 2. The fourth-order valence-electron chi connectivity index (χ4n) is 2.11. The maximum absolute atomic E-state index is 12.0. The summed E-state index contributed by atoms with van der Waals surface area (Å²) in [6.07, 6.45) is 2.72. The highest BCUT2D eigenvalue weighted by Crippen LogP contribution is 2.28. The number of carbonyl (C=O) groups excluding carboxylic acids is 1. The number of carbonyl (C=O) groups is 1. The largest absolute Gasteiger partial charge is 0.339 e. The minimum absolute atomic E-state index is 0.220. The van der Waals surface area contributed by atoms with Crippen LogP contribution in [-0.4, -0.2) is 52.3 Å². The van der Waals surface area contributed by atoms with Gasteiger partial charge in [-0.2, -0.15) is 0 Å². The van der Waals surface area contributed by atoms with E-state index in [1.807, 2.05) is 18.7 Å². The Bertz CT molecular complexity index is 250. The topological polar surface area (TPSA) is 23.6 Å². The molecule has 1 saturated carbocycles. The lowest BCUT2D eigenvalue weighted by Crippen LogP contribution is -2.52. The fraction of sp³-hybridized carbons (Fsp3) is 0.909. The maximum Gasteiger partial charge on any atom is 0.238 e. The van der Waals surface area contributed by atoms with Crippen molar-refractivity contribution in [3.05, 3.63) is 0 Å². The summed E-state index contributed by atoms with van der Waals surface area (Å²) in [6.45, 7) is 7.74. The second-order valence-corrected chi connectivity index (χ2v) is 7.01. The predicted molar refractivity (Wildman–Crippen MR) is 64.2 cm³/mol. The molecule has 0 atom stereocenters. The van der Waals surface area contributed by atoms with Crippen LogP contribution < -0.4 is 0 Å². The van der Waals surface area contributed by atoms with E-state index in [0.29, 0.717) is 0 Å². The first-order valence-corrected chi connectivity index (χ1v) is 6.50. The summed E-state index contributed by atoms with van der Waals surface area (Å²) in [5.41, 5.74) is 0. The average molecular weight is 275 g/mol. The molecule has 0 unspecified atom stereocenters. The van der Waals surface area contributed by atoms with E-state index in [1.165, 1.54) is 12.8 Å². The van der Waals surface area contributed by atoms with Gasteiger partial charge in [-0.3, -0.25) is 9.69 Å². The van der Waals surface area contributed by atoms with Gasteiger partial charge in [-0.1, -0.05) is 15.9 Å². The summed E-state index contributed by atoms with van der Waals surface area (Å²) in [5, 5.41) is 0. The molecule has 86 valence electrons. The molecule has 0 radical (unpaired) electrons. The van der Waals surface area contributed by atoms with Crippen LogP contribution in [0, 0.1) is 0 Å².